The lowest BCUT2D eigenvalue weighted by Crippen LogP contribution is -2.07. The number of hydrogen-bond donors (Lipinski definition) is 0. The molecule has 0 unspecified atom stereocenters. The van der Waals surface area contributed by atoms with Crippen LogP contribution < -0.4 is 9.47 Å². The summed E-state index contributed by atoms with van der Waals surface area (Å²) in [5.74, 6) is -2.10. The van der Waals surface area contributed by atoms with E-state index in [9.17, 15) is 22.0 Å². The van der Waals surface area contributed by atoms with E-state index in [1.807, 2.05) is 0 Å². The molecular formula is C13H6F5N3O2. The number of aromatic nitrogens is 2. The number of ether oxygens (including phenoxy) is 2. The SMILES string of the molecule is N#Cc1nc(-c2ccc(F)cc2OC(F)F)cnc1OC(F)F. The number of nitrogens with zero attached hydrogens (tertiary/aromatic N) is 3. The number of alkyl halides is 4. The van der Waals surface area contributed by atoms with Gasteiger partial charge in [-0.3, -0.25) is 0 Å². The van der Waals surface area contributed by atoms with Crippen molar-refractivity contribution >= 4 is 0 Å². The molecule has 0 aliphatic carbocycles. The van der Waals surface area contributed by atoms with Gasteiger partial charge < -0.3 is 9.47 Å². The monoisotopic (exact) mass is 331 g/mol. The number of rotatable bonds is 5. The van der Waals surface area contributed by atoms with Crippen molar-refractivity contribution in [2.24, 2.45) is 0 Å². The maximum Gasteiger partial charge on any atom is 0.388 e. The van der Waals surface area contributed by atoms with E-state index in [4.69, 9.17) is 5.26 Å². The summed E-state index contributed by atoms with van der Waals surface area (Å²) in [5, 5.41) is 8.87. The van der Waals surface area contributed by atoms with Crippen LogP contribution in [-0.4, -0.2) is 23.2 Å². The van der Waals surface area contributed by atoms with Gasteiger partial charge in [-0.05, 0) is 12.1 Å². The van der Waals surface area contributed by atoms with Crippen LogP contribution in [0, 0.1) is 17.1 Å². The van der Waals surface area contributed by atoms with E-state index in [2.05, 4.69) is 19.4 Å². The molecular weight excluding hydrogens is 325 g/mol. The molecule has 1 heterocycles. The summed E-state index contributed by atoms with van der Waals surface area (Å²) in [6.45, 7) is -6.44. The Hall–Kier alpha value is -2.96. The fourth-order valence-corrected chi connectivity index (χ4v) is 1.65. The molecule has 0 N–H and O–H groups in total. The van der Waals surface area contributed by atoms with E-state index in [-0.39, 0.29) is 11.3 Å². The van der Waals surface area contributed by atoms with Crippen LogP contribution in [0.2, 0.25) is 0 Å². The van der Waals surface area contributed by atoms with Crippen molar-refractivity contribution in [2.45, 2.75) is 13.2 Å². The molecule has 23 heavy (non-hydrogen) atoms. The van der Waals surface area contributed by atoms with Crippen LogP contribution in [0.15, 0.2) is 24.4 Å². The van der Waals surface area contributed by atoms with E-state index < -0.39 is 36.4 Å². The average Bonchev–Trinajstić information content (AvgIpc) is 2.47. The fourth-order valence-electron chi connectivity index (χ4n) is 1.65. The van der Waals surface area contributed by atoms with Crippen LogP contribution in [0.25, 0.3) is 11.3 Å². The minimum Gasteiger partial charge on any atom is -0.434 e. The van der Waals surface area contributed by atoms with Crippen LogP contribution >= 0.6 is 0 Å². The van der Waals surface area contributed by atoms with Crippen molar-refractivity contribution < 1.29 is 31.4 Å². The molecule has 1 aromatic carbocycles. The molecule has 0 amide bonds. The Kier molecular flexibility index (Phi) is 4.90. The summed E-state index contributed by atoms with van der Waals surface area (Å²) in [6.07, 6.45) is 0.907. The number of nitriles is 1. The van der Waals surface area contributed by atoms with Gasteiger partial charge in [0, 0.05) is 11.6 Å². The van der Waals surface area contributed by atoms with Gasteiger partial charge in [0.15, 0.2) is 0 Å². The van der Waals surface area contributed by atoms with Gasteiger partial charge in [-0.1, -0.05) is 0 Å². The third kappa shape index (κ3) is 4.03. The zero-order valence-corrected chi connectivity index (χ0v) is 11.0. The van der Waals surface area contributed by atoms with Gasteiger partial charge in [0.25, 0.3) is 5.88 Å². The highest BCUT2D eigenvalue weighted by Crippen LogP contribution is 2.31. The minimum absolute atomic E-state index is 0.0979. The normalized spacial score (nSPS) is 10.7. The lowest BCUT2D eigenvalue weighted by molar-refractivity contribution is -0.0535. The molecule has 0 saturated heterocycles. The molecule has 0 radical (unpaired) electrons. The molecule has 0 aliphatic heterocycles. The van der Waals surface area contributed by atoms with Crippen molar-refractivity contribution in [1.29, 1.82) is 5.26 Å². The van der Waals surface area contributed by atoms with Crippen LogP contribution in [0.1, 0.15) is 5.69 Å². The van der Waals surface area contributed by atoms with E-state index in [0.29, 0.717) is 6.07 Å². The Labute approximate surface area is 125 Å². The molecule has 0 saturated carbocycles. The molecule has 0 aliphatic rings. The molecule has 2 aromatic rings. The van der Waals surface area contributed by atoms with Crippen LogP contribution in [0.3, 0.4) is 0 Å². The highest BCUT2D eigenvalue weighted by atomic mass is 19.3. The summed E-state index contributed by atoms with van der Waals surface area (Å²) in [5.41, 5.74) is -0.840. The highest BCUT2D eigenvalue weighted by Gasteiger charge is 2.18. The molecule has 0 spiro atoms. The average molecular weight is 331 g/mol. The smallest absolute Gasteiger partial charge is 0.388 e. The number of benzene rings is 1. The van der Waals surface area contributed by atoms with Gasteiger partial charge in [-0.25, -0.2) is 14.4 Å². The van der Waals surface area contributed by atoms with Gasteiger partial charge in [-0.15, -0.1) is 0 Å². The van der Waals surface area contributed by atoms with Crippen molar-refractivity contribution in [1.82, 2.24) is 9.97 Å². The van der Waals surface area contributed by atoms with E-state index in [0.717, 1.165) is 18.3 Å². The molecule has 2 rings (SSSR count). The number of halogens is 5. The predicted molar refractivity (Wildman–Crippen MR) is 65.4 cm³/mol. The van der Waals surface area contributed by atoms with E-state index in [1.54, 1.807) is 0 Å². The van der Waals surface area contributed by atoms with E-state index >= 15 is 0 Å². The Morgan fingerprint density at radius 2 is 1.78 bits per heavy atom. The zero-order valence-electron chi connectivity index (χ0n) is 11.0. The second kappa shape index (κ2) is 6.87. The minimum atomic E-state index is -3.22. The third-order valence-electron chi connectivity index (χ3n) is 2.48. The van der Waals surface area contributed by atoms with Gasteiger partial charge in [-0.2, -0.15) is 22.8 Å². The standard InChI is InChI=1S/C13H6F5N3O2/c14-6-1-2-7(10(3-6)22-12(15)16)9-5-20-11(23-13(17)18)8(4-19)21-9/h1-3,5,12-13H. The lowest BCUT2D eigenvalue weighted by Gasteiger charge is -2.11. The summed E-state index contributed by atoms with van der Waals surface area (Å²) < 4.78 is 70.4. The summed E-state index contributed by atoms with van der Waals surface area (Å²) in [4.78, 5) is 7.17. The maximum atomic E-state index is 13.1. The predicted octanol–water partition coefficient (Wildman–Crippen LogP) is 3.36. The van der Waals surface area contributed by atoms with Gasteiger partial charge in [0.2, 0.25) is 5.69 Å². The molecule has 10 heteroatoms. The molecule has 0 fully saturated rings. The van der Waals surface area contributed by atoms with Crippen LogP contribution in [-0.2, 0) is 0 Å². The zero-order chi connectivity index (χ0) is 17.0. The van der Waals surface area contributed by atoms with Crippen molar-refractivity contribution in [3.8, 4) is 29.0 Å². The fraction of sp³-hybridized carbons (Fsp3) is 0.154. The van der Waals surface area contributed by atoms with Gasteiger partial charge >= 0.3 is 13.2 Å². The second-order valence-corrected chi connectivity index (χ2v) is 3.92. The summed E-state index contributed by atoms with van der Waals surface area (Å²) >= 11 is 0. The highest BCUT2D eigenvalue weighted by molar-refractivity contribution is 5.67. The van der Waals surface area contributed by atoms with Crippen LogP contribution in [0.4, 0.5) is 22.0 Å². The lowest BCUT2D eigenvalue weighted by atomic mass is 10.1. The summed E-state index contributed by atoms with van der Waals surface area (Å²) in [6, 6.07) is 4.21. The molecule has 1 aromatic heterocycles. The van der Waals surface area contributed by atoms with Crippen molar-refractivity contribution in [2.75, 3.05) is 0 Å². The Balaban J connectivity index is 2.48. The van der Waals surface area contributed by atoms with Crippen LogP contribution in [0.5, 0.6) is 11.6 Å². The van der Waals surface area contributed by atoms with E-state index in [1.165, 1.54) is 6.07 Å². The van der Waals surface area contributed by atoms with Gasteiger partial charge in [0.1, 0.15) is 17.6 Å². The topological polar surface area (TPSA) is 68.0 Å². The first-order valence-corrected chi connectivity index (χ1v) is 5.87. The third-order valence-corrected chi connectivity index (χ3v) is 2.48. The molecule has 120 valence electrons. The second-order valence-electron chi connectivity index (χ2n) is 3.92. The maximum absolute atomic E-state index is 13.1. The Morgan fingerprint density at radius 1 is 1.09 bits per heavy atom. The van der Waals surface area contributed by atoms with Gasteiger partial charge in [0.05, 0.1) is 11.9 Å². The first-order chi connectivity index (χ1) is 10.9. The number of hydrogen-bond acceptors (Lipinski definition) is 5. The molecule has 0 bridgehead atoms. The first-order valence-electron chi connectivity index (χ1n) is 5.87. The summed E-state index contributed by atoms with van der Waals surface area (Å²) in [7, 11) is 0. The quantitative estimate of drug-likeness (QED) is 0.786. The van der Waals surface area contributed by atoms with Crippen molar-refractivity contribution in [3.63, 3.8) is 0 Å². The Bertz CT molecular complexity index is 749. The first kappa shape index (κ1) is 16.4. The largest absolute Gasteiger partial charge is 0.434 e. The molecule has 5 nitrogen and oxygen atoms in total. The molecule has 0 atom stereocenters. The van der Waals surface area contributed by atoms with Crippen molar-refractivity contribution in [3.05, 3.63) is 35.9 Å². The Morgan fingerprint density at radius 3 is 2.39 bits per heavy atom.